The molecule has 0 aliphatic carbocycles. The molecular formula is C24H29F3N4O7S2. The quantitative estimate of drug-likeness (QED) is 0.370. The molecule has 1 aromatic carbocycles. The molecule has 2 saturated heterocycles. The van der Waals surface area contributed by atoms with E-state index in [9.17, 15) is 36.3 Å². The summed E-state index contributed by atoms with van der Waals surface area (Å²) in [7, 11) is -3.86. The number of carbonyl (C=O) groups excluding carboxylic acids is 1. The number of hydrogen-bond donors (Lipinski definition) is 4. The highest BCUT2D eigenvalue weighted by molar-refractivity contribution is 7.94. The van der Waals surface area contributed by atoms with Gasteiger partial charge in [0.15, 0.2) is 0 Å². The van der Waals surface area contributed by atoms with Crippen molar-refractivity contribution in [2.24, 2.45) is 5.73 Å². The van der Waals surface area contributed by atoms with E-state index in [0.717, 1.165) is 43.7 Å². The van der Waals surface area contributed by atoms with E-state index in [2.05, 4.69) is 9.62 Å². The molecule has 0 saturated carbocycles. The number of carboxylic acids is 2. The van der Waals surface area contributed by atoms with Gasteiger partial charge in [-0.1, -0.05) is 12.5 Å². The van der Waals surface area contributed by atoms with Gasteiger partial charge in [0.05, 0.1) is 16.9 Å². The number of sulfonamides is 1. The third-order valence-electron chi connectivity index (χ3n) is 6.84. The fourth-order valence-electron chi connectivity index (χ4n) is 4.80. The molecule has 2 aliphatic heterocycles. The number of aromatic carboxylic acids is 1. The normalized spacial score (nSPS) is 17.8. The number of nitrogens with one attached hydrogen (secondary N) is 1. The number of piperidine rings is 2. The molecule has 1 amide bonds. The molecule has 16 heteroatoms. The van der Waals surface area contributed by atoms with E-state index in [0.29, 0.717) is 31.6 Å². The number of nitrogens with zero attached hydrogens (tertiary/aromatic N) is 2. The monoisotopic (exact) mass is 606 g/mol. The van der Waals surface area contributed by atoms with Gasteiger partial charge in [-0.25, -0.2) is 18.0 Å². The van der Waals surface area contributed by atoms with Crippen LogP contribution in [0.15, 0.2) is 39.9 Å². The molecule has 4 rings (SSSR count). The maximum Gasteiger partial charge on any atom is 0.490 e. The fraction of sp³-hybridized carbons (Fsp3) is 0.458. The van der Waals surface area contributed by atoms with Crippen LogP contribution in [0.1, 0.15) is 42.5 Å². The van der Waals surface area contributed by atoms with Gasteiger partial charge < -0.3 is 20.8 Å². The van der Waals surface area contributed by atoms with Crippen LogP contribution >= 0.6 is 11.3 Å². The number of likely N-dealkylation sites (tertiary alicyclic amines) is 1. The van der Waals surface area contributed by atoms with Crippen molar-refractivity contribution in [3.05, 3.63) is 41.3 Å². The lowest BCUT2D eigenvalue weighted by Gasteiger charge is -2.48. The third kappa shape index (κ3) is 7.22. The number of hydrogen-bond acceptors (Lipinski definition) is 8. The first-order valence-electron chi connectivity index (χ1n) is 12.2. The van der Waals surface area contributed by atoms with Crippen molar-refractivity contribution in [2.75, 3.05) is 35.8 Å². The minimum Gasteiger partial charge on any atom is -0.478 e. The molecule has 3 heterocycles. The summed E-state index contributed by atoms with van der Waals surface area (Å²) in [6, 6.07) is 7.55. The summed E-state index contributed by atoms with van der Waals surface area (Å²) in [5.41, 5.74) is 5.95. The SMILES string of the molecule is NC(=O)C1(N2CCCCC2)CCN(c2ccc(C(=O)O)cc2NS(=O)(=O)c2cccs2)CC1.O=C(O)C(F)(F)F. The number of rotatable bonds is 7. The molecule has 40 heavy (non-hydrogen) atoms. The van der Waals surface area contributed by atoms with Gasteiger partial charge in [0.1, 0.15) is 9.75 Å². The van der Waals surface area contributed by atoms with Crippen LogP contribution in [0.2, 0.25) is 0 Å². The van der Waals surface area contributed by atoms with E-state index < -0.39 is 33.7 Å². The maximum atomic E-state index is 12.8. The third-order valence-corrected chi connectivity index (χ3v) is 9.60. The Balaban J connectivity index is 0.000000559. The number of anilines is 2. The highest BCUT2D eigenvalue weighted by Crippen LogP contribution is 2.37. The van der Waals surface area contributed by atoms with Crippen LogP contribution in [0.25, 0.3) is 0 Å². The summed E-state index contributed by atoms with van der Waals surface area (Å²) < 4.78 is 60.1. The number of carbonyl (C=O) groups is 3. The minimum absolute atomic E-state index is 0.0144. The lowest BCUT2D eigenvalue weighted by molar-refractivity contribution is -0.192. The van der Waals surface area contributed by atoms with E-state index in [4.69, 9.17) is 15.6 Å². The summed E-state index contributed by atoms with van der Waals surface area (Å²) in [4.78, 5) is 37.2. The number of halogens is 3. The van der Waals surface area contributed by atoms with E-state index in [1.54, 1.807) is 17.5 Å². The second-order valence-electron chi connectivity index (χ2n) is 9.31. The van der Waals surface area contributed by atoms with Gasteiger partial charge in [0.2, 0.25) is 5.91 Å². The van der Waals surface area contributed by atoms with Crippen LogP contribution < -0.4 is 15.4 Å². The average molecular weight is 607 g/mol. The zero-order valence-corrected chi connectivity index (χ0v) is 22.8. The zero-order valence-electron chi connectivity index (χ0n) is 21.2. The molecule has 0 unspecified atom stereocenters. The van der Waals surface area contributed by atoms with Gasteiger partial charge in [-0.15, -0.1) is 11.3 Å². The van der Waals surface area contributed by atoms with Crippen molar-refractivity contribution in [3.8, 4) is 0 Å². The van der Waals surface area contributed by atoms with E-state index in [1.807, 2.05) is 4.90 Å². The van der Waals surface area contributed by atoms with Gasteiger partial charge in [-0.05, 0) is 68.4 Å². The van der Waals surface area contributed by atoms with E-state index in [1.165, 1.54) is 18.2 Å². The van der Waals surface area contributed by atoms with Gasteiger partial charge in [0, 0.05) is 13.1 Å². The number of thiophene rings is 1. The highest BCUT2D eigenvalue weighted by atomic mass is 32.2. The van der Waals surface area contributed by atoms with Crippen molar-refractivity contribution < 1.29 is 46.2 Å². The summed E-state index contributed by atoms with van der Waals surface area (Å²) in [5.74, 6) is -4.22. The molecule has 0 atom stereocenters. The van der Waals surface area contributed by atoms with Crippen molar-refractivity contribution in [2.45, 2.75) is 48.0 Å². The average Bonchev–Trinajstić information content (AvgIpc) is 3.45. The number of carboxylic acid groups (broad SMARTS) is 2. The summed E-state index contributed by atoms with van der Waals surface area (Å²) in [6.45, 7) is 2.70. The summed E-state index contributed by atoms with van der Waals surface area (Å²) in [5, 5.41) is 18.2. The Morgan fingerprint density at radius 3 is 2.08 bits per heavy atom. The standard InChI is InChI=1S/C22H28N4O5S2.C2HF3O2/c23-21(29)22(26-10-2-1-3-11-26)8-12-25(13-9-22)18-7-6-16(20(27)28)15-17(18)24-33(30,31)19-5-4-14-32-19;3-2(4,5)1(6)7/h4-7,14-15,24H,1-3,8-13H2,(H2,23,29)(H,27,28);(H,6,7). The first kappa shape index (κ1) is 31.2. The van der Waals surface area contributed by atoms with Crippen LogP contribution in [-0.4, -0.2) is 79.3 Å². The molecule has 220 valence electrons. The predicted molar refractivity (Wildman–Crippen MR) is 141 cm³/mol. The fourth-order valence-corrected chi connectivity index (χ4v) is 6.85. The Hall–Kier alpha value is -3.37. The molecule has 0 radical (unpaired) electrons. The largest absolute Gasteiger partial charge is 0.490 e. The highest BCUT2D eigenvalue weighted by Gasteiger charge is 2.45. The van der Waals surface area contributed by atoms with Crippen molar-refractivity contribution in [1.82, 2.24) is 4.90 Å². The number of nitrogens with two attached hydrogens (primary N) is 1. The van der Waals surface area contributed by atoms with E-state index in [-0.39, 0.29) is 21.4 Å². The number of benzene rings is 1. The van der Waals surface area contributed by atoms with Gasteiger partial charge in [0.25, 0.3) is 10.0 Å². The van der Waals surface area contributed by atoms with Crippen molar-refractivity contribution >= 4 is 50.6 Å². The molecule has 5 N–H and O–H groups in total. The molecule has 2 fully saturated rings. The maximum absolute atomic E-state index is 12.8. The molecule has 11 nitrogen and oxygen atoms in total. The number of alkyl halides is 3. The lowest BCUT2D eigenvalue weighted by atomic mass is 9.83. The Labute approximate surface area is 232 Å². The van der Waals surface area contributed by atoms with Crippen LogP contribution in [-0.2, 0) is 19.6 Å². The number of primary amides is 1. The first-order valence-corrected chi connectivity index (χ1v) is 14.6. The zero-order chi connectivity index (χ0) is 29.7. The van der Waals surface area contributed by atoms with Crippen LogP contribution in [0.4, 0.5) is 24.5 Å². The Morgan fingerprint density at radius 1 is 1.00 bits per heavy atom. The lowest BCUT2D eigenvalue weighted by Crippen LogP contribution is -2.63. The second-order valence-corrected chi connectivity index (χ2v) is 12.2. The Bertz CT molecular complexity index is 1320. The van der Waals surface area contributed by atoms with E-state index >= 15 is 0 Å². The van der Waals surface area contributed by atoms with Gasteiger partial charge >= 0.3 is 18.1 Å². The summed E-state index contributed by atoms with van der Waals surface area (Å²) in [6.07, 6.45) is -0.782. The molecule has 0 bridgehead atoms. The molecular weight excluding hydrogens is 577 g/mol. The topological polar surface area (TPSA) is 170 Å². The van der Waals surface area contributed by atoms with Crippen LogP contribution in [0, 0.1) is 0 Å². The van der Waals surface area contributed by atoms with Crippen LogP contribution in [0.5, 0.6) is 0 Å². The molecule has 1 aromatic heterocycles. The van der Waals surface area contributed by atoms with Gasteiger partial charge in [-0.2, -0.15) is 13.2 Å². The second kappa shape index (κ2) is 12.4. The van der Waals surface area contributed by atoms with Gasteiger partial charge in [-0.3, -0.25) is 14.4 Å². The molecule has 2 aliphatic rings. The molecule has 0 spiro atoms. The minimum atomic E-state index is -5.08. The summed E-state index contributed by atoms with van der Waals surface area (Å²) >= 11 is 1.08. The smallest absolute Gasteiger partial charge is 0.478 e. The predicted octanol–water partition coefficient (Wildman–Crippen LogP) is 3.19. The molecule has 2 aromatic rings. The Kier molecular flexibility index (Phi) is 9.68. The van der Waals surface area contributed by atoms with Crippen molar-refractivity contribution in [3.63, 3.8) is 0 Å². The first-order chi connectivity index (χ1) is 18.7. The Morgan fingerprint density at radius 2 is 1.60 bits per heavy atom. The van der Waals surface area contributed by atoms with Crippen LogP contribution in [0.3, 0.4) is 0 Å². The van der Waals surface area contributed by atoms with Crippen molar-refractivity contribution in [1.29, 1.82) is 0 Å². The number of amides is 1. The number of aliphatic carboxylic acids is 1.